The quantitative estimate of drug-likeness (QED) is 0.232. The minimum Gasteiger partial charge on any atom is -0.516 e. The van der Waals surface area contributed by atoms with Crippen LogP contribution in [0, 0.1) is 0 Å². The van der Waals surface area contributed by atoms with Gasteiger partial charge in [-0.3, -0.25) is 4.79 Å². The summed E-state index contributed by atoms with van der Waals surface area (Å²) in [6.45, 7) is 10.2. The first-order chi connectivity index (χ1) is 8.99. The maximum Gasteiger partial charge on any atom is 0.334 e. The average Bonchev–Trinajstić information content (AvgIpc) is 2.36. The molecule has 0 saturated carbocycles. The molecule has 5 heteroatoms. The largest absolute Gasteiger partial charge is 0.516 e. The third kappa shape index (κ3) is 15.7. The second-order valence-corrected chi connectivity index (χ2v) is 3.31. The molecule has 0 rings (SSSR count). The number of carbonyl (C=O) groups excluding carboxylic acids is 1. The number of hydrogen-bond donors (Lipinski definition) is 2. The number of aliphatic hydroxyl groups is 1. The molecule has 0 amide bonds. The van der Waals surface area contributed by atoms with Crippen LogP contribution in [0.2, 0.25) is 0 Å². The monoisotopic (exact) mass is 268 g/mol. The molecule has 19 heavy (non-hydrogen) atoms. The first-order valence-electron chi connectivity index (χ1n) is 5.57. The van der Waals surface area contributed by atoms with Crippen molar-refractivity contribution in [3.8, 4) is 0 Å². The predicted molar refractivity (Wildman–Crippen MR) is 73.7 cm³/mol. The van der Waals surface area contributed by atoms with Crippen molar-refractivity contribution in [2.45, 2.75) is 19.3 Å². The summed E-state index contributed by atoms with van der Waals surface area (Å²) in [5.74, 6) is -1.80. The number of rotatable bonds is 8. The summed E-state index contributed by atoms with van der Waals surface area (Å²) >= 11 is 0. The van der Waals surface area contributed by atoms with E-state index in [0.29, 0.717) is 0 Å². The van der Waals surface area contributed by atoms with E-state index in [4.69, 9.17) is 10.2 Å². The molecule has 0 bridgehead atoms. The van der Waals surface area contributed by atoms with Crippen LogP contribution in [0.15, 0.2) is 49.8 Å². The van der Waals surface area contributed by atoms with Crippen LogP contribution < -0.4 is 0 Å². The highest BCUT2D eigenvalue weighted by Crippen LogP contribution is 2.00. The first kappa shape index (κ1) is 19.0. The summed E-state index contributed by atoms with van der Waals surface area (Å²) in [7, 11) is 0. The van der Waals surface area contributed by atoms with Crippen molar-refractivity contribution in [2.75, 3.05) is 6.61 Å². The van der Waals surface area contributed by atoms with Crippen LogP contribution in [-0.2, 0) is 14.3 Å². The van der Waals surface area contributed by atoms with E-state index in [9.17, 15) is 9.59 Å². The Kier molecular flexibility index (Phi) is 13.8. The van der Waals surface area contributed by atoms with Crippen molar-refractivity contribution in [1.29, 1.82) is 0 Å². The second-order valence-electron chi connectivity index (χ2n) is 3.31. The van der Waals surface area contributed by atoms with Crippen LogP contribution >= 0.6 is 0 Å². The van der Waals surface area contributed by atoms with Gasteiger partial charge in [-0.2, -0.15) is 0 Å². The average molecular weight is 268 g/mol. The van der Waals surface area contributed by atoms with Gasteiger partial charge < -0.3 is 14.9 Å². The maximum absolute atomic E-state index is 10.8. The summed E-state index contributed by atoms with van der Waals surface area (Å²) < 4.78 is 4.53. The Balaban J connectivity index is 0. The summed E-state index contributed by atoms with van der Waals surface area (Å²) in [4.78, 5) is 20.9. The number of aliphatic carboxylic acids is 1. The normalized spacial score (nSPS) is 9.05. The van der Waals surface area contributed by atoms with Gasteiger partial charge in [-0.05, 0) is 18.9 Å². The van der Waals surface area contributed by atoms with Crippen LogP contribution in [0.4, 0.5) is 0 Å². The predicted octanol–water partition coefficient (Wildman–Crippen LogP) is 2.77. The standard InChI is InChI=1S/C8H10O4.C6H10O/c1-3-4-12-8(11)6(2)5-7(9)10;1-2-3-4-5-6-7/h3H,1-2,4-5H2,(H,9,10);2,5-7H,1,3-4H2. The molecule has 0 fully saturated rings. The van der Waals surface area contributed by atoms with E-state index in [1.54, 1.807) is 6.08 Å². The van der Waals surface area contributed by atoms with E-state index in [2.05, 4.69) is 24.5 Å². The third-order valence-corrected chi connectivity index (χ3v) is 1.63. The highest BCUT2D eigenvalue weighted by Gasteiger charge is 2.10. The summed E-state index contributed by atoms with van der Waals surface area (Å²) in [5, 5.41) is 16.3. The molecule has 2 N–H and O–H groups in total. The number of carboxylic acids is 1. The van der Waals surface area contributed by atoms with Gasteiger partial charge in [-0.1, -0.05) is 25.3 Å². The van der Waals surface area contributed by atoms with E-state index in [-0.39, 0.29) is 12.2 Å². The summed E-state index contributed by atoms with van der Waals surface area (Å²) in [5.41, 5.74) is -0.0654. The molecule has 106 valence electrons. The Bertz CT molecular complexity index is 342. The highest BCUT2D eigenvalue weighted by atomic mass is 16.5. The molecule has 0 aliphatic heterocycles. The highest BCUT2D eigenvalue weighted by molar-refractivity contribution is 5.92. The van der Waals surface area contributed by atoms with Crippen LogP contribution in [-0.4, -0.2) is 28.8 Å². The number of esters is 1. The Morgan fingerprint density at radius 2 is 1.79 bits per heavy atom. The van der Waals surface area contributed by atoms with Gasteiger partial charge in [0.1, 0.15) is 6.61 Å². The van der Waals surface area contributed by atoms with Gasteiger partial charge in [0.2, 0.25) is 0 Å². The number of ether oxygens (including phenoxy) is 1. The van der Waals surface area contributed by atoms with E-state index in [1.807, 2.05) is 6.08 Å². The lowest BCUT2D eigenvalue weighted by atomic mass is 10.2. The van der Waals surface area contributed by atoms with E-state index < -0.39 is 18.4 Å². The molecule has 0 aromatic rings. The van der Waals surface area contributed by atoms with Crippen molar-refractivity contribution in [2.24, 2.45) is 0 Å². The van der Waals surface area contributed by atoms with Crippen LogP contribution in [0.3, 0.4) is 0 Å². The third-order valence-electron chi connectivity index (χ3n) is 1.63. The van der Waals surface area contributed by atoms with Gasteiger partial charge >= 0.3 is 11.9 Å². The molecule has 0 saturated heterocycles. The van der Waals surface area contributed by atoms with E-state index in [1.165, 1.54) is 6.08 Å². The molecule has 0 aliphatic carbocycles. The molecular weight excluding hydrogens is 248 g/mol. The maximum atomic E-state index is 10.8. The van der Waals surface area contributed by atoms with Gasteiger partial charge in [0.25, 0.3) is 0 Å². The van der Waals surface area contributed by atoms with Gasteiger partial charge in [-0.25, -0.2) is 4.79 Å². The van der Waals surface area contributed by atoms with Crippen LogP contribution in [0.1, 0.15) is 19.3 Å². The topological polar surface area (TPSA) is 83.8 Å². The Labute approximate surface area is 113 Å². The number of carbonyl (C=O) groups is 2. The fourth-order valence-electron chi connectivity index (χ4n) is 0.780. The lowest BCUT2D eigenvalue weighted by Gasteiger charge is -2.01. The van der Waals surface area contributed by atoms with E-state index in [0.717, 1.165) is 19.1 Å². The Morgan fingerprint density at radius 3 is 2.21 bits per heavy atom. The lowest BCUT2D eigenvalue weighted by molar-refractivity contribution is -0.142. The molecule has 0 spiro atoms. The minimum atomic E-state index is -1.10. The first-order valence-corrected chi connectivity index (χ1v) is 5.57. The van der Waals surface area contributed by atoms with Crippen molar-refractivity contribution in [1.82, 2.24) is 0 Å². The number of allylic oxidation sites excluding steroid dienone is 2. The molecule has 5 nitrogen and oxygen atoms in total. The molecular formula is C14H20O5. The molecule has 0 unspecified atom stereocenters. The fraction of sp³-hybridized carbons (Fsp3) is 0.286. The second kappa shape index (κ2) is 13.8. The molecule has 0 radical (unpaired) electrons. The zero-order valence-corrected chi connectivity index (χ0v) is 10.9. The molecule has 0 aromatic carbocycles. The zero-order chi connectivity index (χ0) is 15.1. The minimum absolute atomic E-state index is 0.0654. The smallest absolute Gasteiger partial charge is 0.334 e. The number of hydrogen-bond acceptors (Lipinski definition) is 4. The zero-order valence-electron chi connectivity index (χ0n) is 10.9. The van der Waals surface area contributed by atoms with Gasteiger partial charge in [0, 0.05) is 5.57 Å². The van der Waals surface area contributed by atoms with Crippen molar-refractivity contribution in [3.05, 3.63) is 49.8 Å². The number of aliphatic hydroxyl groups excluding tert-OH is 1. The van der Waals surface area contributed by atoms with Gasteiger partial charge in [0.05, 0.1) is 12.7 Å². The Morgan fingerprint density at radius 1 is 1.16 bits per heavy atom. The Hall–Kier alpha value is -2.30. The number of carboxylic acid groups (broad SMARTS) is 1. The SMILES string of the molecule is C=CCCC=CO.C=CCOC(=O)C(=C)CC(=O)O. The van der Waals surface area contributed by atoms with Gasteiger partial charge in [0.15, 0.2) is 0 Å². The lowest BCUT2D eigenvalue weighted by Crippen LogP contribution is -2.10. The fourth-order valence-corrected chi connectivity index (χ4v) is 0.780. The summed E-state index contributed by atoms with van der Waals surface area (Å²) in [6, 6.07) is 0. The van der Waals surface area contributed by atoms with Gasteiger partial charge in [-0.15, -0.1) is 6.58 Å². The molecule has 0 aliphatic rings. The molecule has 0 heterocycles. The molecule has 0 atom stereocenters. The number of unbranched alkanes of at least 4 members (excludes halogenated alkanes) is 1. The van der Waals surface area contributed by atoms with Crippen LogP contribution in [0.5, 0.6) is 0 Å². The van der Waals surface area contributed by atoms with Crippen molar-refractivity contribution in [3.63, 3.8) is 0 Å². The molecule has 0 aromatic heterocycles. The van der Waals surface area contributed by atoms with Crippen molar-refractivity contribution < 1.29 is 24.5 Å². The van der Waals surface area contributed by atoms with Crippen LogP contribution in [0.25, 0.3) is 0 Å². The summed E-state index contributed by atoms with van der Waals surface area (Å²) in [6.07, 6.45) is 7.41. The van der Waals surface area contributed by atoms with E-state index >= 15 is 0 Å². The van der Waals surface area contributed by atoms with Crippen molar-refractivity contribution >= 4 is 11.9 Å².